The van der Waals surface area contributed by atoms with Crippen LogP contribution in [0.4, 0.5) is 0 Å². The van der Waals surface area contributed by atoms with E-state index in [1.54, 1.807) is 7.11 Å². The Morgan fingerprint density at radius 2 is 2.12 bits per heavy atom. The molecule has 94 valence electrons. The Morgan fingerprint density at radius 1 is 1.41 bits per heavy atom. The second-order valence-corrected chi connectivity index (χ2v) is 5.15. The van der Waals surface area contributed by atoms with Gasteiger partial charge in [-0.1, -0.05) is 19.3 Å². The normalized spacial score (nSPS) is 27.8. The molecule has 4 nitrogen and oxygen atoms in total. The minimum absolute atomic E-state index is 0.0410. The van der Waals surface area contributed by atoms with Gasteiger partial charge in [0, 0.05) is 20.2 Å². The fraction of sp³-hybridized carbons (Fsp3) is 0.846. The van der Waals surface area contributed by atoms with E-state index in [-0.39, 0.29) is 12.0 Å². The molecule has 1 unspecified atom stereocenters. The molecule has 1 amide bonds. The van der Waals surface area contributed by atoms with Gasteiger partial charge in [0.2, 0.25) is 5.91 Å². The lowest BCUT2D eigenvalue weighted by Gasteiger charge is -2.33. The van der Waals surface area contributed by atoms with Crippen LogP contribution in [-0.2, 0) is 9.53 Å². The summed E-state index contributed by atoms with van der Waals surface area (Å²) in [5, 5.41) is 9.37. The van der Waals surface area contributed by atoms with Gasteiger partial charge in [-0.2, -0.15) is 5.26 Å². The Balaban J connectivity index is 2.05. The Hall–Kier alpha value is -1.08. The number of nitriles is 1. The lowest BCUT2D eigenvalue weighted by molar-refractivity contribution is -0.139. The van der Waals surface area contributed by atoms with Gasteiger partial charge in [0.1, 0.15) is 5.41 Å². The smallest absolute Gasteiger partial charge is 0.243 e. The van der Waals surface area contributed by atoms with Crippen LogP contribution in [0.15, 0.2) is 0 Å². The first-order chi connectivity index (χ1) is 8.22. The number of rotatable bonds is 2. The summed E-state index contributed by atoms with van der Waals surface area (Å²) in [5.74, 6) is 0.0410. The summed E-state index contributed by atoms with van der Waals surface area (Å²) in [7, 11) is 1.68. The van der Waals surface area contributed by atoms with Crippen LogP contribution < -0.4 is 0 Å². The molecule has 2 fully saturated rings. The van der Waals surface area contributed by atoms with Crippen molar-refractivity contribution in [3.8, 4) is 6.07 Å². The summed E-state index contributed by atoms with van der Waals surface area (Å²) in [6.45, 7) is 1.39. The zero-order valence-electron chi connectivity index (χ0n) is 10.4. The van der Waals surface area contributed by atoms with Crippen LogP contribution in [-0.4, -0.2) is 37.1 Å². The van der Waals surface area contributed by atoms with E-state index >= 15 is 0 Å². The Kier molecular flexibility index (Phi) is 3.68. The van der Waals surface area contributed by atoms with Gasteiger partial charge in [-0.25, -0.2) is 0 Å². The third-order valence-corrected chi connectivity index (χ3v) is 4.10. The average molecular weight is 236 g/mol. The molecule has 1 aliphatic carbocycles. The second kappa shape index (κ2) is 5.05. The number of carbonyl (C=O) groups excluding carboxylic acids is 1. The molecule has 1 aliphatic heterocycles. The predicted octanol–water partition coefficient (Wildman–Crippen LogP) is 1.71. The summed E-state index contributed by atoms with van der Waals surface area (Å²) >= 11 is 0. The van der Waals surface area contributed by atoms with Gasteiger partial charge in [0.25, 0.3) is 0 Å². The van der Waals surface area contributed by atoms with Crippen molar-refractivity contribution in [3.63, 3.8) is 0 Å². The van der Waals surface area contributed by atoms with Gasteiger partial charge in [-0.05, 0) is 19.3 Å². The van der Waals surface area contributed by atoms with Crippen LogP contribution in [0.3, 0.4) is 0 Å². The number of amides is 1. The third kappa shape index (κ3) is 2.30. The van der Waals surface area contributed by atoms with Gasteiger partial charge in [-0.3, -0.25) is 4.79 Å². The molecular formula is C13H20N2O2. The molecule has 0 bridgehead atoms. The van der Waals surface area contributed by atoms with Gasteiger partial charge < -0.3 is 9.64 Å². The quantitative estimate of drug-likeness (QED) is 0.733. The fourth-order valence-electron chi connectivity index (χ4n) is 2.94. The van der Waals surface area contributed by atoms with E-state index in [0.29, 0.717) is 6.54 Å². The third-order valence-electron chi connectivity index (χ3n) is 4.10. The molecule has 0 spiro atoms. The van der Waals surface area contributed by atoms with Gasteiger partial charge in [-0.15, -0.1) is 0 Å². The number of carbonyl (C=O) groups is 1. The largest absolute Gasteiger partial charge is 0.380 e. The van der Waals surface area contributed by atoms with Crippen molar-refractivity contribution in [2.45, 2.75) is 44.6 Å². The van der Waals surface area contributed by atoms with Crippen molar-refractivity contribution >= 4 is 5.91 Å². The molecule has 1 saturated carbocycles. The summed E-state index contributed by atoms with van der Waals surface area (Å²) in [4.78, 5) is 14.3. The number of hydrogen-bond donors (Lipinski definition) is 0. The predicted molar refractivity (Wildman–Crippen MR) is 63.1 cm³/mol. The Bertz CT molecular complexity index is 329. The van der Waals surface area contributed by atoms with Crippen molar-refractivity contribution in [3.05, 3.63) is 0 Å². The highest BCUT2D eigenvalue weighted by molar-refractivity contribution is 5.85. The van der Waals surface area contributed by atoms with Crippen LogP contribution in [0.1, 0.15) is 38.5 Å². The lowest BCUT2D eigenvalue weighted by atomic mass is 9.74. The minimum Gasteiger partial charge on any atom is -0.380 e. The van der Waals surface area contributed by atoms with Gasteiger partial charge in [0.15, 0.2) is 0 Å². The highest BCUT2D eigenvalue weighted by atomic mass is 16.5. The van der Waals surface area contributed by atoms with Gasteiger partial charge in [0.05, 0.1) is 12.2 Å². The average Bonchev–Trinajstić information content (AvgIpc) is 2.87. The molecule has 17 heavy (non-hydrogen) atoms. The summed E-state index contributed by atoms with van der Waals surface area (Å²) in [6, 6.07) is 2.29. The second-order valence-electron chi connectivity index (χ2n) is 5.15. The molecule has 0 aromatic heterocycles. The first kappa shape index (κ1) is 12.4. The summed E-state index contributed by atoms with van der Waals surface area (Å²) < 4.78 is 5.27. The first-order valence-electron chi connectivity index (χ1n) is 6.45. The molecule has 0 aromatic carbocycles. The highest BCUT2D eigenvalue weighted by Gasteiger charge is 2.44. The van der Waals surface area contributed by atoms with Crippen molar-refractivity contribution < 1.29 is 9.53 Å². The highest BCUT2D eigenvalue weighted by Crippen LogP contribution is 2.38. The monoisotopic (exact) mass is 236 g/mol. The van der Waals surface area contributed by atoms with Crippen LogP contribution in [0.2, 0.25) is 0 Å². The zero-order valence-corrected chi connectivity index (χ0v) is 10.4. The maximum Gasteiger partial charge on any atom is 0.243 e. The van der Waals surface area contributed by atoms with E-state index in [0.717, 1.165) is 45.1 Å². The number of ether oxygens (including phenoxy) is 1. The molecular weight excluding hydrogens is 216 g/mol. The molecule has 0 N–H and O–H groups in total. The number of hydrogen-bond acceptors (Lipinski definition) is 3. The van der Waals surface area contributed by atoms with Crippen LogP contribution in [0, 0.1) is 16.7 Å². The SMILES string of the molecule is COC1CCN(C(=O)C2(C#N)CCCCC2)C1. The van der Waals surface area contributed by atoms with E-state index in [1.807, 2.05) is 4.90 Å². The first-order valence-corrected chi connectivity index (χ1v) is 6.45. The molecule has 1 heterocycles. The molecule has 0 aromatic rings. The lowest BCUT2D eigenvalue weighted by Crippen LogP contribution is -2.43. The number of nitrogens with zero attached hydrogens (tertiary/aromatic N) is 2. The summed E-state index contributed by atoms with van der Waals surface area (Å²) in [6.07, 6.45) is 5.66. The molecule has 0 radical (unpaired) electrons. The number of likely N-dealkylation sites (tertiary alicyclic amines) is 1. The van der Waals surface area contributed by atoms with E-state index < -0.39 is 5.41 Å². The minimum atomic E-state index is -0.735. The van der Waals surface area contributed by atoms with E-state index in [9.17, 15) is 10.1 Å². The van der Waals surface area contributed by atoms with Crippen molar-refractivity contribution in [2.75, 3.05) is 20.2 Å². The van der Waals surface area contributed by atoms with E-state index in [1.165, 1.54) is 0 Å². The van der Waals surface area contributed by atoms with Crippen molar-refractivity contribution in [1.29, 1.82) is 5.26 Å². The molecule has 4 heteroatoms. The maximum atomic E-state index is 12.5. The van der Waals surface area contributed by atoms with Crippen LogP contribution in [0.5, 0.6) is 0 Å². The number of methoxy groups -OCH3 is 1. The Labute approximate surface area is 103 Å². The maximum absolute atomic E-state index is 12.5. The zero-order chi connectivity index (χ0) is 12.3. The summed E-state index contributed by atoms with van der Waals surface area (Å²) in [5.41, 5.74) is -0.735. The van der Waals surface area contributed by atoms with Crippen LogP contribution in [0.25, 0.3) is 0 Å². The van der Waals surface area contributed by atoms with E-state index in [4.69, 9.17) is 4.74 Å². The fourth-order valence-corrected chi connectivity index (χ4v) is 2.94. The van der Waals surface area contributed by atoms with Crippen LogP contribution >= 0.6 is 0 Å². The standard InChI is InChI=1S/C13H20N2O2/c1-17-11-5-8-15(9-11)12(16)13(10-14)6-3-2-4-7-13/h11H,2-9H2,1H3. The van der Waals surface area contributed by atoms with E-state index in [2.05, 4.69) is 6.07 Å². The molecule has 2 rings (SSSR count). The molecule has 1 atom stereocenters. The Morgan fingerprint density at radius 3 is 2.65 bits per heavy atom. The molecule has 1 saturated heterocycles. The van der Waals surface area contributed by atoms with Gasteiger partial charge >= 0.3 is 0 Å². The van der Waals surface area contributed by atoms with Crippen molar-refractivity contribution in [1.82, 2.24) is 4.90 Å². The van der Waals surface area contributed by atoms with Crippen molar-refractivity contribution in [2.24, 2.45) is 5.41 Å². The topological polar surface area (TPSA) is 53.3 Å². The molecule has 2 aliphatic rings.